The molecule has 1 aromatic rings. The van der Waals surface area contributed by atoms with Gasteiger partial charge < -0.3 is 5.32 Å². The summed E-state index contributed by atoms with van der Waals surface area (Å²) in [5.41, 5.74) is 0.758. The van der Waals surface area contributed by atoms with Crippen molar-refractivity contribution in [3.8, 4) is 0 Å². The van der Waals surface area contributed by atoms with Crippen molar-refractivity contribution in [2.24, 2.45) is 0 Å². The highest BCUT2D eigenvalue weighted by Crippen LogP contribution is 2.16. The minimum Gasteiger partial charge on any atom is -0.353 e. The largest absolute Gasteiger partial charge is 0.353 e. The maximum absolute atomic E-state index is 12.9. The van der Waals surface area contributed by atoms with Gasteiger partial charge in [0.05, 0.1) is 12.2 Å². The summed E-state index contributed by atoms with van der Waals surface area (Å²) in [5, 5.41) is 2.94. The summed E-state index contributed by atoms with van der Waals surface area (Å²) >= 11 is 0. The number of amides is 1. The Morgan fingerprint density at radius 3 is 2.46 bits per heavy atom. The highest BCUT2D eigenvalue weighted by molar-refractivity contribution is 7.89. The maximum Gasteiger partial charge on any atom is 0.224 e. The molecule has 1 amide bonds. The zero-order chi connectivity index (χ0) is 17.6. The lowest BCUT2D eigenvalue weighted by Crippen LogP contribution is -2.47. The van der Waals surface area contributed by atoms with Crippen LogP contribution < -0.4 is 5.32 Å². The molecule has 1 N–H and O–H groups in total. The predicted octanol–water partition coefficient (Wildman–Crippen LogP) is 2.08. The predicted molar refractivity (Wildman–Crippen MR) is 91.5 cm³/mol. The summed E-state index contributed by atoms with van der Waals surface area (Å²) in [7, 11) is -3.16. The topological polar surface area (TPSA) is 66.5 Å². The number of nitrogens with zero attached hydrogens (tertiary/aromatic N) is 1. The molecule has 0 bridgehead atoms. The second kappa shape index (κ2) is 8.58. The smallest absolute Gasteiger partial charge is 0.224 e. The zero-order valence-corrected chi connectivity index (χ0v) is 14.8. The molecular weight excluding hydrogens is 331 g/mol. The number of carbonyl (C=O) groups is 1. The second-order valence-electron chi connectivity index (χ2n) is 6.21. The summed E-state index contributed by atoms with van der Waals surface area (Å²) in [6, 6.07) is 5.86. The van der Waals surface area contributed by atoms with E-state index in [9.17, 15) is 17.6 Å². The first kappa shape index (κ1) is 18.9. The highest BCUT2D eigenvalue weighted by Gasteiger charge is 2.28. The summed E-state index contributed by atoms with van der Waals surface area (Å²) < 4.78 is 38.7. The van der Waals surface area contributed by atoms with Gasteiger partial charge in [0.2, 0.25) is 15.9 Å². The Kier molecular flexibility index (Phi) is 6.74. The number of hydrogen-bond donors (Lipinski definition) is 1. The number of carbonyl (C=O) groups excluding carboxylic acids is 1. The third-order valence-corrected chi connectivity index (χ3v) is 6.20. The van der Waals surface area contributed by atoms with Crippen molar-refractivity contribution in [1.29, 1.82) is 0 Å². The molecule has 2 rings (SSSR count). The van der Waals surface area contributed by atoms with E-state index in [4.69, 9.17) is 0 Å². The van der Waals surface area contributed by atoms with Gasteiger partial charge in [-0.15, -0.1) is 0 Å². The molecule has 24 heavy (non-hydrogen) atoms. The normalized spacial score (nSPS) is 16.9. The fourth-order valence-corrected chi connectivity index (χ4v) is 4.48. The third kappa shape index (κ3) is 5.56. The van der Waals surface area contributed by atoms with Gasteiger partial charge in [0, 0.05) is 19.1 Å². The quantitative estimate of drug-likeness (QED) is 0.813. The van der Waals surface area contributed by atoms with E-state index in [0.29, 0.717) is 32.4 Å². The summed E-state index contributed by atoms with van der Waals surface area (Å²) in [6.07, 6.45) is 2.99. The molecule has 1 aromatic carbocycles. The van der Waals surface area contributed by atoms with Gasteiger partial charge in [0.25, 0.3) is 0 Å². The van der Waals surface area contributed by atoms with Gasteiger partial charge in [-0.25, -0.2) is 17.1 Å². The lowest BCUT2D eigenvalue weighted by Gasteiger charge is -2.31. The van der Waals surface area contributed by atoms with Gasteiger partial charge in [-0.3, -0.25) is 4.79 Å². The number of hydrogen-bond acceptors (Lipinski definition) is 3. The van der Waals surface area contributed by atoms with Crippen LogP contribution in [-0.4, -0.2) is 43.5 Å². The number of halogens is 1. The van der Waals surface area contributed by atoms with Crippen LogP contribution >= 0.6 is 0 Å². The number of benzene rings is 1. The monoisotopic (exact) mass is 356 g/mol. The molecule has 1 aliphatic rings. The van der Waals surface area contributed by atoms with E-state index in [2.05, 4.69) is 5.32 Å². The molecule has 0 aromatic heterocycles. The van der Waals surface area contributed by atoms with E-state index in [1.54, 1.807) is 12.1 Å². The van der Waals surface area contributed by atoms with Crippen molar-refractivity contribution < 1.29 is 17.6 Å². The van der Waals surface area contributed by atoms with Crippen LogP contribution in [0.15, 0.2) is 24.3 Å². The van der Waals surface area contributed by atoms with E-state index in [1.165, 1.54) is 16.4 Å². The SMILES string of the molecule is CCCCS(=O)(=O)N1CCC(NC(=O)Cc2ccc(F)cc2)CC1. The standard InChI is InChI=1S/C17H25FN2O3S/c1-2-3-12-24(22,23)20-10-8-16(9-11-20)19-17(21)13-14-4-6-15(18)7-5-14/h4-7,16H,2-3,8-13H2,1H3,(H,19,21). The molecule has 5 nitrogen and oxygen atoms in total. The summed E-state index contributed by atoms with van der Waals surface area (Å²) in [6.45, 7) is 2.87. The molecule has 0 unspecified atom stereocenters. The van der Waals surface area contributed by atoms with Crippen LogP contribution in [0.4, 0.5) is 4.39 Å². The molecule has 0 spiro atoms. The van der Waals surface area contributed by atoms with Crippen molar-refractivity contribution in [3.05, 3.63) is 35.6 Å². The molecule has 0 radical (unpaired) electrons. The van der Waals surface area contributed by atoms with E-state index >= 15 is 0 Å². The lowest BCUT2D eigenvalue weighted by atomic mass is 10.1. The Labute approximate surface area is 143 Å². The van der Waals surface area contributed by atoms with E-state index in [1.807, 2.05) is 6.92 Å². The summed E-state index contributed by atoms with van der Waals surface area (Å²) in [5.74, 6) is -0.241. The second-order valence-corrected chi connectivity index (χ2v) is 8.30. The average Bonchev–Trinajstić information content (AvgIpc) is 2.55. The Bertz CT molecular complexity index is 638. The summed E-state index contributed by atoms with van der Waals surface area (Å²) in [4.78, 5) is 12.0. The van der Waals surface area contributed by atoms with E-state index < -0.39 is 10.0 Å². The van der Waals surface area contributed by atoms with Gasteiger partial charge in [-0.05, 0) is 37.0 Å². The molecule has 134 valence electrons. The molecule has 1 fully saturated rings. The van der Waals surface area contributed by atoms with Crippen LogP contribution in [0.2, 0.25) is 0 Å². The van der Waals surface area contributed by atoms with Crippen molar-refractivity contribution in [3.63, 3.8) is 0 Å². The molecular formula is C17H25FN2O3S. The Morgan fingerprint density at radius 1 is 1.25 bits per heavy atom. The van der Waals surface area contributed by atoms with Crippen LogP contribution in [-0.2, 0) is 21.2 Å². The molecule has 1 aliphatic heterocycles. The number of rotatable bonds is 7. The Balaban J connectivity index is 1.78. The van der Waals surface area contributed by atoms with Gasteiger partial charge >= 0.3 is 0 Å². The van der Waals surface area contributed by atoms with Crippen molar-refractivity contribution in [2.45, 2.75) is 45.1 Å². The van der Waals surface area contributed by atoms with Crippen LogP contribution in [0, 0.1) is 5.82 Å². The Morgan fingerprint density at radius 2 is 1.88 bits per heavy atom. The minimum absolute atomic E-state index is 0.00410. The number of unbranched alkanes of at least 4 members (excludes halogenated alkanes) is 1. The van der Waals surface area contributed by atoms with Crippen molar-refractivity contribution in [2.75, 3.05) is 18.8 Å². The van der Waals surface area contributed by atoms with Gasteiger partial charge in [-0.2, -0.15) is 0 Å². The number of sulfonamides is 1. The first-order valence-corrected chi connectivity index (χ1v) is 10.0. The first-order valence-electron chi connectivity index (χ1n) is 8.42. The fourth-order valence-electron chi connectivity index (χ4n) is 2.80. The van der Waals surface area contributed by atoms with E-state index in [-0.39, 0.29) is 29.9 Å². The van der Waals surface area contributed by atoms with Gasteiger partial charge in [-0.1, -0.05) is 25.5 Å². The Hall–Kier alpha value is -1.47. The fraction of sp³-hybridized carbons (Fsp3) is 0.588. The van der Waals surface area contributed by atoms with Gasteiger partial charge in [0.15, 0.2) is 0 Å². The molecule has 1 heterocycles. The minimum atomic E-state index is -3.16. The average molecular weight is 356 g/mol. The highest BCUT2D eigenvalue weighted by atomic mass is 32.2. The molecule has 0 aliphatic carbocycles. The van der Waals surface area contributed by atoms with Crippen LogP contribution in [0.5, 0.6) is 0 Å². The molecule has 1 saturated heterocycles. The molecule has 0 saturated carbocycles. The van der Waals surface area contributed by atoms with Crippen molar-refractivity contribution >= 4 is 15.9 Å². The van der Waals surface area contributed by atoms with E-state index in [0.717, 1.165) is 12.0 Å². The van der Waals surface area contributed by atoms with Gasteiger partial charge in [0.1, 0.15) is 5.82 Å². The first-order chi connectivity index (χ1) is 11.4. The van der Waals surface area contributed by atoms with Crippen molar-refractivity contribution in [1.82, 2.24) is 9.62 Å². The number of piperidine rings is 1. The third-order valence-electron chi connectivity index (χ3n) is 4.25. The lowest BCUT2D eigenvalue weighted by molar-refractivity contribution is -0.121. The molecule has 7 heteroatoms. The molecule has 0 atom stereocenters. The van der Waals surface area contributed by atoms with Crippen LogP contribution in [0.1, 0.15) is 38.2 Å². The maximum atomic E-state index is 12.9. The van der Waals surface area contributed by atoms with Crippen LogP contribution in [0.25, 0.3) is 0 Å². The van der Waals surface area contributed by atoms with Crippen LogP contribution in [0.3, 0.4) is 0 Å². The number of nitrogens with one attached hydrogen (secondary N) is 1. The zero-order valence-electron chi connectivity index (χ0n) is 14.0.